The van der Waals surface area contributed by atoms with Crippen LogP contribution in [0, 0.1) is 0 Å². The fourth-order valence-corrected chi connectivity index (χ4v) is 2.16. The lowest BCUT2D eigenvalue weighted by molar-refractivity contribution is 0.0663. The number of furan rings is 1. The molecule has 1 N–H and O–H groups in total. The van der Waals surface area contributed by atoms with Crippen LogP contribution in [0.25, 0.3) is 11.3 Å². The van der Waals surface area contributed by atoms with Gasteiger partial charge in [0, 0.05) is 15.1 Å². The second kappa shape index (κ2) is 4.31. The fraction of sp³-hybridized carbons (Fsp3) is 0. The van der Waals surface area contributed by atoms with Gasteiger partial charge >= 0.3 is 5.97 Å². The van der Waals surface area contributed by atoms with Gasteiger partial charge in [-0.1, -0.05) is 11.6 Å². The molecule has 1 heterocycles. The SMILES string of the molecule is O=C(O)c1ccc(-c2ccc(Cl)cc2Br)o1. The Morgan fingerprint density at radius 2 is 2.06 bits per heavy atom. The Balaban J connectivity index is 2.46. The summed E-state index contributed by atoms with van der Waals surface area (Å²) in [6, 6.07) is 8.22. The molecule has 0 saturated carbocycles. The van der Waals surface area contributed by atoms with Crippen LogP contribution in [0.2, 0.25) is 5.02 Å². The van der Waals surface area contributed by atoms with Crippen molar-refractivity contribution in [1.29, 1.82) is 0 Å². The third-order valence-electron chi connectivity index (χ3n) is 2.01. The summed E-state index contributed by atoms with van der Waals surface area (Å²) in [7, 11) is 0. The van der Waals surface area contributed by atoms with E-state index in [1.165, 1.54) is 6.07 Å². The molecule has 0 aliphatic rings. The normalized spacial score (nSPS) is 10.4. The summed E-state index contributed by atoms with van der Waals surface area (Å²) in [5, 5.41) is 9.33. The van der Waals surface area contributed by atoms with E-state index < -0.39 is 5.97 Å². The average molecular weight is 302 g/mol. The van der Waals surface area contributed by atoms with Gasteiger partial charge in [-0.05, 0) is 46.3 Å². The van der Waals surface area contributed by atoms with E-state index in [0.29, 0.717) is 10.8 Å². The third-order valence-corrected chi connectivity index (χ3v) is 2.90. The number of hydrogen-bond donors (Lipinski definition) is 1. The second-order valence-corrected chi connectivity index (χ2v) is 4.38. The van der Waals surface area contributed by atoms with Crippen molar-refractivity contribution in [3.8, 4) is 11.3 Å². The maximum absolute atomic E-state index is 10.7. The Bertz CT molecular complexity index is 548. The van der Waals surface area contributed by atoms with E-state index in [4.69, 9.17) is 21.1 Å². The molecule has 0 bridgehead atoms. The predicted molar refractivity (Wildman–Crippen MR) is 63.8 cm³/mol. The Labute approximate surface area is 105 Å². The molecular weight excluding hydrogens is 295 g/mol. The van der Waals surface area contributed by atoms with Crippen LogP contribution < -0.4 is 0 Å². The maximum Gasteiger partial charge on any atom is 0.371 e. The number of carboxylic acids is 1. The zero-order valence-corrected chi connectivity index (χ0v) is 10.2. The molecule has 2 rings (SSSR count). The van der Waals surface area contributed by atoms with E-state index in [1.807, 2.05) is 0 Å². The van der Waals surface area contributed by atoms with Crippen LogP contribution >= 0.6 is 27.5 Å². The largest absolute Gasteiger partial charge is 0.475 e. The first-order chi connectivity index (χ1) is 7.58. The Morgan fingerprint density at radius 3 is 2.62 bits per heavy atom. The van der Waals surface area contributed by atoms with Crippen LogP contribution in [0.5, 0.6) is 0 Å². The lowest BCUT2D eigenvalue weighted by Crippen LogP contribution is -1.91. The van der Waals surface area contributed by atoms with Crippen molar-refractivity contribution in [2.24, 2.45) is 0 Å². The van der Waals surface area contributed by atoms with Crippen molar-refractivity contribution in [3.05, 3.63) is 45.6 Å². The van der Waals surface area contributed by atoms with E-state index in [0.717, 1.165) is 10.0 Å². The number of carboxylic acid groups (broad SMARTS) is 1. The zero-order valence-electron chi connectivity index (χ0n) is 7.91. The number of benzene rings is 1. The minimum absolute atomic E-state index is 0.0862. The lowest BCUT2D eigenvalue weighted by Gasteiger charge is -2.00. The van der Waals surface area contributed by atoms with E-state index in [-0.39, 0.29) is 5.76 Å². The van der Waals surface area contributed by atoms with Gasteiger partial charge in [-0.3, -0.25) is 0 Å². The van der Waals surface area contributed by atoms with E-state index in [2.05, 4.69) is 15.9 Å². The smallest absolute Gasteiger partial charge is 0.371 e. The summed E-state index contributed by atoms with van der Waals surface area (Å²) in [5.41, 5.74) is 0.761. The number of halogens is 2. The van der Waals surface area contributed by atoms with E-state index in [9.17, 15) is 4.79 Å². The number of carbonyl (C=O) groups is 1. The van der Waals surface area contributed by atoms with Gasteiger partial charge in [0.05, 0.1) is 0 Å². The topological polar surface area (TPSA) is 50.4 Å². The molecule has 0 saturated heterocycles. The Hall–Kier alpha value is -1.26. The summed E-state index contributed by atoms with van der Waals surface area (Å²) in [6.45, 7) is 0. The third kappa shape index (κ3) is 2.13. The van der Waals surface area contributed by atoms with Gasteiger partial charge in [-0.2, -0.15) is 0 Å². The summed E-state index contributed by atoms with van der Waals surface area (Å²) in [5.74, 6) is -0.686. The molecule has 0 amide bonds. The standard InChI is InChI=1S/C11H6BrClO3/c12-8-5-6(13)1-2-7(8)9-3-4-10(16-9)11(14)15/h1-5H,(H,14,15). The molecule has 3 nitrogen and oxygen atoms in total. The minimum atomic E-state index is -1.09. The molecule has 0 spiro atoms. The van der Waals surface area contributed by atoms with Gasteiger partial charge in [0.1, 0.15) is 5.76 Å². The molecule has 2 aromatic rings. The van der Waals surface area contributed by atoms with Gasteiger partial charge in [0.25, 0.3) is 0 Å². The Morgan fingerprint density at radius 1 is 1.31 bits per heavy atom. The molecule has 16 heavy (non-hydrogen) atoms. The first-order valence-electron chi connectivity index (χ1n) is 4.36. The molecule has 0 unspecified atom stereocenters. The van der Waals surface area contributed by atoms with Gasteiger partial charge < -0.3 is 9.52 Å². The molecule has 82 valence electrons. The van der Waals surface area contributed by atoms with E-state index >= 15 is 0 Å². The monoisotopic (exact) mass is 300 g/mol. The van der Waals surface area contributed by atoms with Crippen molar-refractivity contribution >= 4 is 33.5 Å². The number of hydrogen-bond acceptors (Lipinski definition) is 2. The molecule has 0 atom stereocenters. The quantitative estimate of drug-likeness (QED) is 0.910. The molecule has 0 radical (unpaired) electrons. The van der Waals surface area contributed by atoms with E-state index in [1.54, 1.807) is 24.3 Å². The predicted octanol–water partition coefficient (Wildman–Crippen LogP) is 4.06. The van der Waals surface area contributed by atoms with Crippen LogP contribution in [-0.4, -0.2) is 11.1 Å². The van der Waals surface area contributed by atoms with Crippen LogP contribution in [0.4, 0.5) is 0 Å². The first kappa shape index (κ1) is 11.2. The average Bonchev–Trinajstić information content (AvgIpc) is 2.66. The molecule has 1 aromatic carbocycles. The molecule has 0 aliphatic carbocycles. The highest BCUT2D eigenvalue weighted by atomic mass is 79.9. The van der Waals surface area contributed by atoms with Gasteiger partial charge in [0.2, 0.25) is 5.76 Å². The van der Waals surface area contributed by atoms with Gasteiger partial charge in [-0.25, -0.2) is 4.79 Å². The highest BCUT2D eigenvalue weighted by Crippen LogP contribution is 2.31. The van der Waals surface area contributed by atoms with Crippen LogP contribution in [-0.2, 0) is 0 Å². The van der Waals surface area contributed by atoms with Crippen LogP contribution in [0.1, 0.15) is 10.6 Å². The van der Waals surface area contributed by atoms with Crippen molar-refractivity contribution in [3.63, 3.8) is 0 Å². The van der Waals surface area contributed by atoms with Crippen molar-refractivity contribution in [2.75, 3.05) is 0 Å². The van der Waals surface area contributed by atoms with Gasteiger partial charge in [0.15, 0.2) is 0 Å². The Kier molecular flexibility index (Phi) is 3.03. The van der Waals surface area contributed by atoms with Crippen molar-refractivity contribution < 1.29 is 14.3 Å². The summed E-state index contributed by atoms with van der Waals surface area (Å²) >= 11 is 9.14. The number of rotatable bonds is 2. The molecule has 0 fully saturated rings. The minimum Gasteiger partial charge on any atom is -0.475 e. The first-order valence-corrected chi connectivity index (χ1v) is 5.53. The van der Waals surface area contributed by atoms with Gasteiger partial charge in [-0.15, -0.1) is 0 Å². The van der Waals surface area contributed by atoms with Crippen LogP contribution in [0.15, 0.2) is 39.2 Å². The van der Waals surface area contributed by atoms with Crippen molar-refractivity contribution in [2.45, 2.75) is 0 Å². The maximum atomic E-state index is 10.7. The molecule has 5 heteroatoms. The molecular formula is C11H6BrClO3. The summed E-state index contributed by atoms with van der Waals surface area (Å²) in [6.07, 6.45) is 0. The number of aromatic carboxylic acids is 1. The van der Waals surface area contributed by atoms with Crippen molar-refractivity contribution in [1.82, 2.24) is 0 Å². The lowest BCUT2D eigenvalue weighted by atomic mass is 10.2. The fourth-order valence-electron chi connectivity index (χ4n) is 1.29. The zero-order chi connectivity index (χ0) is 11.7. The highest BCUT2D eigenvalue weighted by molar-refractivity contribution is 9.10. The van der Waals surface area contributed by atoms with Crippen LogP contribution in [0.3, 0.4) is 0 Å². The highest BCUT2D eigenvalue weighted by Gasteiger charge is 2.12. The molecule has 0 aliphatic heterocycles. The molecule has 1 aromatic heterocycles. The summed E-state index contributed by atoms with van der Waals surface area (Å²) in [4.78, 5) is 10.7. The second-order valence-electron chi connectivity index (χ2n) is 3.09. The summed E-state index contributed by atoms with van der Waals surface area (Å²) < 4.78 is 5.94.